The van der Waals surface area contributed by atoms with Gasteiger partial charge in [-0.25, -0.2) is 37.1 Å². The molecule has 28 heteroatoms. The Morgan fingerprint density at radius 1 is 0.838 bits per heavy atom. The van der Waals surface area contributed by atoms with Crippen molar-refractivity contribution in [3.63, 3.8) is 0 Å². The van der Waals surface area contributed by atoms with Gasteiger partial charge in [-0.1, -0.05) is 30.0 Å². The van der Waals surface area contributed by atoms with E-state index in [1.807, 2.05) is 17.4 Å². The Morgan fingerprint density at radius 2 is 1.48 bits per heavy atom. The van der Waals surface area contributed by atoms with Crippen LogP contribution in [0.3, 0.4) is 0 Å². The number of aliphatic hydroxyl groups excluding tert-OH is 1. The first kappa shape index (κ1) is 62.0. The van der Waals surface area contributed by atoms with Crippen molar-refractivity contribution in [1.82, 2.24) is 46.0 Å². The van der Waals surface area contributed by atoms with Crippen LogP contribution in [-0.4, -0.2) is 163 Å². The van der Waals surface area contributed by atoms with Crippen LogP contribution in [-0.2, 0) is 43.3 Å². The van der Waals surface area contributed by atoms with E-state index in [-0.39, 0.29) is 5.56 Å². The second kappa shape index (κ2) is 25.9. The molecule has 436 valence electrons. The average Bonchev–Trinajstić information content (AvgIpc) is 3.83. The van der Waals surface area contributed by atoms with Crippen molar-refractivity contribution in [2.24, 2.45) is 10.8 Å². The molecule has 2 aromatic heterocycles. The fourth-order valence-electron chi connectivity index (χ4n) is 8.44. The van der Waals surface area contributed by atoms with Crippen LogP contribution in [0.2, 0.25) is 0 Å². The molecule has 5 N–H and O–H groups in total. The number of benzene rings is 2. The van der Waals surface area contributed by atoms with Gasteiger partial charge >= 0.3 is 24.5 Å². The third kappa shape index (κ3) is 15.4. The van der Waals surface area contributed by atoms with Crippen molar-refractivity contribution >= 4 is 29.8 Å². The number of piperazine rings is 1. The molecule has 2 saturated heterocycles. The maximum Gasteiger partial charge on any atom is 0.407 e. The normalized spacial score (nSPS) is 16.2. The summed E-state index contributed by atoms with van der Waals surface area (Å²) in [4.78, 5) is 62.1. The Bertz CT molecular complexity index is 2850. The van der Waals surface area contributed by atoms with Gasteiger partial charge < -0.3 is 40.2 Å². The highest BCUT2D eigenvalue weighted by Crippen LogP contribution is 2.43. The summed E-state index contributed by atoms with van der Waals surface area (Å²) in [7, 11) is 1.80. The molecule has 0 radical (unpaired) electrons. The summed E-state index contributed by atoms with van der Waals surface area (Å²) in [6.45, 7) is 4.02. The highest BCUT2D eigenvalue weighted by molar-refractivity contribution is 5.86. The number of ether oxygens (including phenoxy) is 3. The molecule has 0 bridgehead atoms. The van der Waals surface area contributed by atoms with E-state index < -0.39 is 132 Å². The van der Waals surface area contributed by atoms with Crippen molar-refractivity contribution in [3.8, 4) is 23.1 Å². The zero-order valence-electron chi connectivity index (χ0n) is 44.2. The van der Waals surface area contributed by atoms with Gasteiger partial charge in [0.25, 0.3) is 18.2 Å². The zero-order valence-corrected chi connectivity index (χ0v) is 44.2. The highest BCUT2D eigenvalue weighted by atomic mass is 19.4. The van der Waals surface area contributed by atoms with Gasteiger partial charge in [0.2, 0.25) is 0 Å². The third-order valence-electron chi connectivity index (χ3n) is 13.7. The number of nitrogens with one attached hydrogen (secondary N) is 4. The van der Waals surface area contributed by atoms with Crippen LogP contribution in [0.4, 0.5) is 59.3 Å². The average molecular weight is 1140 g/mol. The monoisotopic (exact) mass is 1140 g/mol. The van der Waals surface area contributed by atoms with Gasteiger partial charge in [0.15, 0.2) is 6.10 Å². The molecule has 0 aliphatic carbocycles. The largest absolute Gasteiger partial charge is 0.453 e. The van der Waals surface area contributed by atoms with E-state index in [0.717, 1.165) is 83.8 Å². The number of aliphatic hydroxyl groups is 1. The van der Waals surface area contributed by atoms with Crippen LogP contribution in [0.15, 0.2) is 67.0 Å². The number of pyridine rings is 1. The molecule has 4 amide bonds. The number of amides is 4. The zero-order chi connectivity index (χ0) is 58.9. The van der Waals surface area contributed by atoms with Gasteiger partial charge in [0, 0.05) is 75.4 Å². The summed E-state index contributed by atoms with van der Waals surface area (Å²) in [6, 6.07) is 8.43. The van der Waals surface area contributed by atoms with Crippen LogP contribution in [0.5, 0.6) is 0 Å². The number of methoxy groups -OCH3 is 1. The first-order valence-electron chi connectivity index (χ1n) is 24.9. The third-order valence-corrected chi connectivity index (χ3v) is 13.7. The molecule has 6 rings (SSSR count). The van der Waals surface area contributed by atoms with E-state index in [1.165, 1.54) is 12.1 Å². The molecule has 80 heavy (non-hydrogen) atoms. The molecule has 0 saturated carbocycles. The van der Waals surface area contributed by atoms with Crippen molar-refractivity contribution in [2.45, 2.75) is 96.3 Å². The fourth-order valence-corrected chi connectivity index (χ4v) is 8.44. The maximum atomic E-state index is 16.5. The summed E-state index contributed by atoms with van der Waals surface area (Å²) in [5.41, 5.74) is -4.70. The predicted octanol–water partition coefficient (Wildman–Crippen LogP) is 5.96. The van der Waals surface area contributed by atoms with E-state index in [0.29, 0.717) is 54.6 Å². The fraction of sp³-hybridized carbons (Fsp3) is 0.500. The lowest BCUT2D eigenvalue weighted by Gasteiger charge is -2.42. The topological polar surface area (TPSA) is 205 Å². The Morgan fingerprint density at radius 3 is 2.04 bits per heavy atom. The predicted molar refractivity (Wildman–Crippen MR) is 267 cm³/mol. The van der Waals surface area contributed by atoms with Crippen molar-refractivity contribution in [1.29, 1.82) is 0 Å². The van der Waals surface area contributed by atoms with Gasteiger partial charge in [-0.3, -0.25) is 24.6 Å². The summed E-state index contributed by atoms with van der Waals surface area (Å²) in [6.07, 6.45) is -18.9. The van der Waals surface area contributed by atoms with Crippen LogP contribution >= 0.6 is 0 Å². The Kier molecular flexibility index (Phi) is 20.1. The van der Waals surface area contributed by atoms with E-state index in [2.05, 4.69) is 47.2 Å². The minimum atomic E-state index is -5.22. The smallest absolute Gasteiger partial charge is 0.407 e. The summed E-state index contributed by atoms with van der Waals surface area (Å²) in [5.74, 6) is 0.872. The number of hydrogen-bond donors (Lipinski definition) is 5. The SMILES string of the molecule is CNC(=O)O[C@H](C(=O)N[C@@H](Cc1ccc(C#Cc2ccc(N3CCN(C4COC4)CC3)nc2)cc1)[C@@H](O)CN(Cc1ccc(F)c(-c2ccn(CC(F)F)n2)c1F)NC(=O)[C@@H](NC(=O)OC)C(C)(C)C(F)(F)F)C(C)(C)C(F)(F)F. The molecule has 4 heterocycles. The number of hydrazine groups is 1. The lowest BCUT2D eigenvalue weighted by Crippen LogP contribution is -2.62. The van der Waals surface area contributed by atoms with Gasteiger partial charge in [0.1, 0.15) is 35.5 Å². The van der Waals surface area contributed by atoms with Gasteiger partial charge in [-0.05, 0) is 76.1 Å². The van der Waals surface area contributed by atoms with Crippen molar-refractivity contribution in [3.05, 3.63) is 101 Å². The second-order valence-corrected chi connectivity index (χ2v) is 20.1. The lowest BCUT2D eigenvalue weighted by atomic mass is 9.83. The number of alkyl carbamates (subject to hydrolysis) is 2. The molecular weight excluding hydrogens is 1080 g/mol. The van der Waals surface area contributed by atoms with Crippen molar-refractivity contribution in [2.75, 3.05) is 65.0 Å². The van der Waals surface area contributed by atoms with Crippen LogP contribution < -0.4 is 26.3 Å². The van der Waals surface area contributed by atoms with Gasteiger partial charge in [-0.15, -0.1) is 0 Å². The number of nitrogens with zero attached hydrogens (tertiary/aromatic N) is 6. The molecular formula is C52H60F10N10O8. The number of carbonyl (C=O) groups excluding carboxylic acids is 4. The molecule has 18 nitrogen and oxygen atoms in total. The Hall–Kier alpha value is -7.22. The number of rotatable bonds is 20. The molecule has 0 unspecified atom stereocenters. The first-order chi connectivity index (χ1) is 37.5. The Balaban J connectivity index is 1.33. The standard InChI is InChI=1S/C52H60F10N10O8/c1-49(2,51(57,58)59)43(66-48(77)78-6)45(74)68-72(25-33-14-15-35(53)41(42(33)56)36-17-18-71(67-36)27-39(54)55)26-38(73)37(65-46(75)44(80-47(76)63-5)50(3,4)52(60,61)62)23-31-10-7-30(8-11-31)9-12-32-13-16-40(64-24-32)70-21-19-69(20-22-70)34-28-79-29-34/h7-8,10-11,13-18,24,34,37-39,43-44,73H,19-23,25-29H2,1-6H3,(H,63,76)(H,65,75)(H,66,77)(H,68,74)/t37-,38-,43+,44+/m0/s1. The van der Waals surface area contributed by atoms with Gasteiger partial charge in [0.05, 0.1) is 55.2 Å². The van der Waals surface area contributed by atoms with Crippen molar-refractivity contribution < 1.29 is 82.4 Å². The number of aromatic nitrogens is 3. The minimum Gasteiger partial charge on any atom is -0.453 e. The van der Waals surface area contributed by atoms with Crippen LogP contribution in [0, 0.1) is 34.3 Å². The summed E-state index contributed by atoms with van der Waals surface area (Å²) >= 11 is 0. The molecule has 2 aromatic carbocycles. The molecule has 2 fully saturated rings. The van der Waals surface area contributed by atoms with E-state index in [9.17, 15) is 59.4 Å². The quantitative estimate of drug-likeness (QED) is 0.0395. The Labute approximate surface area is 453 Å². The number of halogens is 10. The van der Waals surface area contributed by atoms with Gasteiger partial charge in [-0.2, -0.15) is 31.4 Å². The number of hydrogen-bond acceptors (Lipinski definition) is 13. The number of carbonyl (C=O) groups is 4. The molecule has 4 atom stereocenters. The van der Waals surface area contributed by atoms with Crippen LogP contribution in [0.1, 0.15) is 49.9 Å². The minimum absolute atomic E-state index is 0.278. The summed E-state index contributed by atoms with van der Waals surface area (Å²) in [5, 5.41) is 22.6. The number of alkyl halides is 8. The highest BCUT2D eigenvalue weighted by Gasteiger charge is 2.58. The summed E-state index contributed by atoms with van der Waals surface area (Å²) < 4.78 is 161. The lowest BCUT2D eigenvalue weighted by molar-refractivity contribution is -0.239. The first-order valence-corrected chi connectivity index (χ1v) is 24.9. The molecule has 2 aliphatic rings. The molecule has 2 aliphatic heterocycles. The van der Waals surface area contributed by atoms with E-state index in [4.69, 9.17) is 9.47 Å². The second-order valence-electron chi connectivity index (χ2n) is 20.1. The number of anilines is 1. The van der Waals surface area contributed by atoms with E-state index in [1.54, 1.807) is 23.6 Å². The molecule has 4 aromatic rings. The molecule has 0 spiro atoms. The maximum absolute atomic E-state index is 16.5. The van der Waals surface area contributed by atoms with Crippen LogP contribution in [0.25, 0.3) is 11.3 Å². The van der Waals surface area contributed by atoms with E-state index >= 15 is 8.78 Å².